The predicted molar refractivity (Wildman–Crippen MR) is 90.0 cm³/mol. The summed E-state index contributed by atoms with van der Waals surface area (Å²) >= 11 is 1.79. The van der Waals surface area contributed by atoms with Gasteiger partial charge in [0.05, 0.1) is 12.3 Å². The normalized spacial score (nSPS) is 11.3. The van der Waals surface area contributed by atoms with Crippen LogP contribution in [0.2, 0.25) is 0 Å². The largest absolute Gasteiger partial charge is 0.383 e. The van der Waals surface area contributed by atoms with Gasteiger partial charge in [-0.05, 0) is 18.9 Å². The number of hydrogen-bond donors (Lipinski definition) is 1. The molecule has 2 aromatic rings. The number of nitrogens with one attached hydrogen (secondary N) is 1. The SMILES string of the molecule is COCCNCc1sc(-c2cccc(C)c2)nc1C(C)C. The maximum Gasteiger partial charge on any atom is 0.123 e. The quantitative estimate of drug-likeness (QED) is 0.786. The standard InChI is InChI=1S/C17H24N2OS/c1-12(2)16-15(11-18-8-9-20-4)21-17(19-16)14-7-5-6-13(3)10-14/h5-7,10,12,18H,8-9,11H2,1-4H3. The molecule has 1 aromatic heterocycles. The third-order valence-corrected chi connectivity index (χ3v) is 4.43. The van der Waals surface area contributed by atoms with E-state index in [0.29, 0.717) is 5.92 Å². The number of ether oxygens (including phenoxy) is 1. The topological polar surface area (TPSA) is 34.1 Å². The van der Waals surface area contributed by atoms with E-state index < -0.39 is 0 Å². The summed E-state index contributed by atoms with van der Waals surface area (Å²) in [6.07, 6.45) is 0. The first-order chi connectivity index (χ1) is 10.1. The summed E-state index contributed by atoms with van der Waals surface area (Å²) in [6.45, 7) is 8.99. The summed E-state index contributed by atoms with van der Waals surface area (Å²) in [7, 11) is 1.73. The molecule has 4 heteroatoms. The van der Waals surface area contributed by atoms with Crippen molar-refractivity contribution in [2.24, 2.45) is 0 Å². The molecule has 0 aliphatic carbocycles. The summed E-state index contributed by atoms with van der Waals surface area (Å²) in [6, 6.07) is 8.55. The predicted octanol–water partition coefficient (Wildman–Crippen LogP) is 3.98. The Labute approximate surface area is 131 Å². The average Bonchev–Trinajstić information content (AvgIpc) is 2.88. The van der Waals surface area contributed by atoms with Crippen LogP contribution in [0, 0.1) is 6.92 Å². The van der Waals surface area contributed by atoms with Crippen LogP contribution >= 0.6 is 11.3 Å². The lowest BCUT2D eigenvalue weighted by Gasteiger charge is -2.06. The van der Waals surface area contributed by atoms with E-state index in [1.807, 2.05) is 0 Å². The monoisotopic (exact) mass is 304 g/mol. The molecule has 0 amide bonds. The third kappa shape index (κ3) is 4.37. The van der Waals surface area contributed by atoms with Gasteiger partial charge in [-0.15, -0.1) is 11.3 Å². The van der Waals surface area contributed by atoms with Crippen molar-refractivity contribution in [3.8, 4) is 10.6 Å². The molecule has 1 aromatic carbocycles. The fourth-order valence-electron chi connectivity index (χ4n) is 2.22. The summed E-state index contributed by atoms with van der Waals surface area (Å²) in [5.41, 5.74) is 3.69. The van der Waals surface area contributed by atoms with Crippen molar-refractivity contribution in [2.75, 3.05) is 20.3 Å². The van der Waals surface area contributed by atoms with Crippen molar-refractivity contribution in [3.05, 3.63) is 40.4 Å². The van der Waals surface area contributed by atoms with Gasteiger partial charge in [0.15, 0.2) is 0 Å². The van der Waals surface area contributed by atoms with Crippen molar-refractivity contribution in [3.63, 3.8) is 0 Å². The zero-order valence-corrected chi connectivity index (χ0v) is 14.1. The van der Waals surface area contributed by atoms with Gasteiger partial charge < -0.3 is 10.1 Å². The molecule has 0 fully saturated rings. The first-order valence-corrected chi connectivity index (χ1v) is 8.19. The molecule has 1 N–H and O–H groups in total. The van der Waals surface area contributed by atoms with E-state index in [2.05, 4.69) is 50.4 Å². The highest BCUT2D eigenvalue weighted by molar-refractivity contribution is 7.15. The van der Waals surface area contributed by atoms with E-state index >= 15 is 0 Å². The van der Waals surface area contributed by atoms with Gasteiger partial charge in [0, 0.05) is 30.6 Å². The second kappa shape index (κ2) is 7.69. The minimum atomic E-state index is 0.444. The Balaban J connectivity index is 2.20. The Morgan fingerprint density at radius 1 is 1.33 bits per heavy atom. The molecule has 0 atom stereocenters. The number of benzene rings is 1. The fourth-order valence-corrected chi connectivity index (χ4v) is 3.40. The molecule has 0 aliphatic heterocycles. The van der Waals surface area contributed by atoms with Gasteiger partial charge in [0.2, 0.25) is 0 Å². The minimum Gasteiger partial charge on any atom is -0.383 e. The van der Waals surface area contributed by atoms with Crippen LogP contribution in [0.1, 0.15) is 35.9 Å². The van der Waals surface area contributed by atoms with Crippen molar-refractivity contribution in [2.45, 2.75) is 33.2 Å². The highest BCUT2D eigenvalue weighted by Gasteiger charge is 2.15. The van der Waals surface area contributed by atoms with Crippen LogP contribution in [0.25, 0.3) is 10.6 Å². The van der Waals surface area contributed by atoms with Crippen LogP contribution in [0.5, 0.6) is 0 Å². The fraction of sp³-hybridized carbons (Fsp3) is 0.471. The van der Waals surface area contributed by atoms with Crippen LogP contribution in [-0.4, -0.2) is 25.2 Å². The lowest BCUT2D eigenvalue weighted by molar-refractivity contribution is 0.199. The number of aryl methyl sites for hydroxylation is 1. The van der Waals surface area contributed by atoms with Gasteiger partial charge in [-0.3, -0.25) is 0 Å². The van der Waals surface area contributed by atoms with E-state index in [1.54, 1.807) is 18.4 Å². The van der Waals surface area contributed by atoms with E-state index in [0.717, 1.165) is 24.7 Å². The maximum atomic E-state index is 5.07. The highest BCUT2D eigenvalue weighted by atomic mass is 32.1. The zero-order chi connectivity index (χ0) is 15.2. The van der Waals surface area contributed by atoms with Gasteiger partial charge in [-0.2, -0.15) is 0 Å². The third-order valence-electron chi connectivity index (χ3n) is 3.31. The van der Waals surface area contributed by atoms with Crippen LogP contribution in [0.4, 0.5) is 0 Å². The van der Waals surface area contributed by atoms with E-state index in [4.69, 9.17) is 9.72 Å². The van der Waals surface area contributed by atoms with Gasteiger partial charge in [-0.1, -0.05) is 37.6 Å². The first kappa shape index (κ1) is 16.1. The molecular weight excluding hydrogens is 280 g/mol. The van der Waals surface area contributed by atoms with E-state index in [1.165, 1.54) is 21.7 Å². The summed E-state index contributed by atoms with van der Waals surface area (Å²) in [4.78, 5) is 6.20. The average molecular weight is 304 g/mol. The van der Waals surface area contributed by atoms with Crippen molar-refractivity contribution in [1.29, 1.82) is 0 Å². The molecule has 1 heterocycles. The Morgan fingerprint density at radius 2 is 2.14 bits per heavy atom. The molecule has 114 valence electrons. The number of thiazole rings is 1. The maximum absolute atomic E-state index is 5.07. The number of methoxy groups -OCH3 is 1. The van der Waals surface area contributed by atoms with Gasteiger partial charge in [0.25, 0.3) is 0 Å². The molecule has 0 radical (unpaired) electrons. The van der Waals surface area contributed by atoms with Crippen LogP contribution < -0.4 is 5.32 Å². The van der Waals surface area contributed by atoms with Crippen LogP contribution in [0.15, 0.2) is 24.3 Å². The zero-order valence-electron chi connectivity index (χ0n) is 13.3. The molecule has 3 nitrogen and oxygen atoms in total. The number of hydrogen-bond acceptors (Lipinski definition) is 4. The molecule has 2 rings (SSSR count). The smallest absolute Gasteiger partial charge is 0.123 e. The summed E-state index contributed by atoms with van der Waals surface area (Å²) in [5, 5.41) is 4.54. The summed E-state index contributed by atoms with van der Waals surface area (Å²) in [5.74, 6) is 0.444. The summed E-state index contributed by atoms with van der Waals surface area (Å²) < 4.78 is 5.07. The number of aromatic nitrogens is 1. The molecule has 0 bridgehead atoms. The van der Waals surface area contributed by atoms with Crippen LogP contribution in [-0.2, 0) is 11.3 Å². The second-order valence-electron chi connectivity index (χ2n) is 5.52. The first-order valence-electron chi connectivity index (χ1n) is 7.38. The Kier molecular flexibility index (Phi) is 5.91. The van der Waals surface area contributed by atoms with Crippen LogP contribution in [0.3, 0.4) is 0 Å². The van der Waals surface area contributed by atoms with E-state index in [-0.39, 0.29) is 0 Å². The molecule has 0 spiro atoms. The molecule has 21 heavy (non-hydrogen) atoms. The Hall–Kier alpha value is -1.23. The van der Waals surface area contributed by atoms with E-state index in [9.17, 15) is 0 Å². The number of nitrogens with zero attached hydrogens (tertiary/aromatic N) is 1. The van der Waals surface area contributed by atoms with Crippen molar-refractivity contribution >= 4 is 11.3 Å². The van der Waals surface area contributed by atoms with Crippen molar-refractivity contribution < 1.29 is 4.74 Å². The van der Waals surface area contributed by atoms with Gasteiger partial charge in [0.1, 0.15) is 5.01 Å². The Bertz CT molecular complexity index is 578. The second-order valence-corrected chi connectivity index (χ2v) is 6.60. The lowest BCUT2D eigenvalue weighted by atomic mass is 10.1. The molecule has 0 saturated heterocycles. The number of rotatable bonds is 7. The molecule has 0 saturated carbocycles. The lowest BCUT2D eigenvalue weighted by Crippen LogP contribution is -2.18. The minimum absolute atomic E-state index is 0.444. The Morgan fingerprint density at radius 3 is 2.81 bits per heavy atom. The van der Waals surface area contributed by atoms with Gasteiger partial charge >= 0.3 is 0 Å². The molecule has 0 aliphatic rings. The van der Waals surface area contributed by atoms with Gasteiger partial charge in [-0.25, -0.2) is 4.98 Å². The molecule has 0 unspecified atom stereocenters. The molecular formula is C17H24N2OS. The highest BCUT2D eigenvalue weighted by Crippen LogP contribution is 2.32. The van der Waals surface area contributed by atoms with Crippen molar-refractivity contribution in [1.82, 2.24) is 10.3 Å².